The number of anilines is 1. The molecule has 1 fully saturated rings. The number of aryl methyl sites for hydroxylation is 1. The minimum atomic E-state index is -0.378. The molecule has 0 radical (unpaired) electrons. The second-order valence-electron chi connectivity index (χ2n) is 9.48. The van der Waals surface area contributed by atoms with Crippen LogP contribution in [-0.2, 0) is 6.42 Å². The van der Waals surface area contributed by atoms with Crippen LogP contribution >= 0.6 is 0 Å². The van der Waals surface area contributed by atoms with Gasteiger partial charge in [0.2, 0.25) is 0 Å². The van der Waals surface area contributed by atoms with E-state index >= 15 is 0 Å². The summed E-state index contributed by atoms with van der Waals surface area (Å²) in [6.07, 6.45) is 3.32. The third-order valence-electron chi connectivity index (χ3n) is 6.78. The minimum Gasteiger partial charge on any atom is -0.392 e. The highest BCUT2D eigenvalue weighted by atomic mass is 16.6. The van der Waals surface area contributed by atoms with Crippen LogP contribution in [0, 0.1) is 17.0 Å². The van der Waals surface area contributed by atoms with Crippen LogP contribution in [0.4, 0.5) is 11.5 Å². The topological polar surface area (TPSA) is 95.6 Å². The van der Waals surface area contributed by atoms with Crippen LogP contribution in [0.2, 0.25) is 0 Å². The average molecular weight is 490 g/mol. The monoisotopic (exact) mass is 489 g/mol. The largest absolute Gasteiger partial charge is 0.392 e. The van der Waals surface area contributed by atoms with E-state index in [2.05, 4.69) is 16.7 Å². The van der Waals surface area contributed by atoms with E-state index in [0.717, 1.165) is 73.6 Å². The molecule has 4 rings (SSSR count). The maximum atomic E-state index is 11.1. The van der Waals surface area contributed by atoms with Crippen molar-refractivity contribution < 1.29 is 10.0 Å². The lowest BCUT2D eigenvalue weighted by molar-refractivity contribution is -0.384. The number of hydrogen-bond donors (Lipinski definition) is 1. The van der Waals surface area contributed by atoms with Crippen LogP contribution in [0.25, 0.3) is 11.4 Å². The highest BCUT2D eigenvalue weighted by molar-refractivity contribution is 5.61. The van der Waals surface area contributed by atoms with Gasteiger partial charge in [-0.2, -0.15) is 0 Å². The molecule has 1 aliphatic rings. The second-order valence-corrected chi connectivity index (χ2v) is 9.48. The lowest BCUT2D eigenvalue weighted by atomic mass is 10.0. The smallest absolute Gasteiger partial charge is 0.269 e. The molecule has 190 valence electrons. The highest BCUT2D eigenvalue weighted by Crippen LogP contribution is 2.29. The zero-order chi connectivity index (χ0) is 25.5. The molecule has 0 saturated carbocycles. The van der Waals surface area contributed by atoms with Crippen LogP contribution in [-0.4, -0.2) is 63.7 Å². The van der Waals surface area contributed by atoms with Gasteiger partial charge in [-0.15, -0.1) is 0 Å². The van der Waals surface area contributed by atoms with E-state index in [0.29, 0.717) is 18.8 Å². The van der Waals surface area contributed by atoms with E-state index in [1.165, 1.54) is 0 Å². The molecular formula is C28H35N5O3. The number of rotatable bonds is 10. The first-order valence-electron chi connectivity index (χ1n) is 12.8. The maximum Gasteiger partial charge on any atom is 0.269 e. The predicted octanol–water partition coefficient (Wildman–Crippen LogP) is 4.62. The Morgan fingerprint density at radius 2 is 1.72 bits per heavy atom. The SMILES string of the molecule is CCCC[C@@H](O)CN1CCN(c2nc(-c3ccccc3)nc(C)c2Cc2ccc([N+](=O)[O-])cc2)CC1. The molecule has 0 spiro atoms. The lowest BCUT2D eigenvalue weighted by Gasteiger charge is -2.37. The fourth-order valence-corrected chi connectivity index (χ4v) is 4.68. The number of aromatic nitrogens is 2. The van der Waals surface area contributed by atoms with Crippen LogP contribution in [0.3, 0.4) is 0 Å². The van der Waals surface area contributed by atoms with Crippen molar-refractivity contribution in [3.8, 4) is 11.4 Å². The predicted molar refractivity (Wildman–Crippen MR) is 142 cm³/mol. The normalized spacial score (nSPS) is 15.1. The first-order valence-corrected chi connectivity index (χ1v) is 12.8. The molecule has 8 heteroatoms. The molecule has 0 amide bonds. The fraction of sp³-hybridized carbons (Fsp3) is 0.429. The van der Waals surface area contributed by atoms with Gasteiger partial charge in [-0.25, -0.2) is 9.97 Å². The van der Waals surface area contributed by atoms with Crippen molar-refractivity contribution in [2.24, 2.45) is 0 Å². The van der Waals surface area contributed by atoms with Crippen LogP contribution in [0.1, 0.15) is 43.0 Å². The number of nitro benzene ring substituents is 1. The molecule has 8 nitrogen and oxygen atoms in total. The summed E-state index contributed by atoms with van der Waals surface area (Å²) in [5, 5.41) is 21.4. The molecule has 1 aromatic heterocycles. The molecule has 3 aromatic rings. The fourth-order valence-electron chi connectivity index (χ4n) is 4.68. The summed E-state index contributed by atoms with van der Waals surface area (Å²) in [4.78, 5) is 25.2. The summed E-state index contributed by atoms with van der Waals surface area (Å²) < 4.78 is 0. The van der Waals surface area contributed by atoms with E-state index in [1.807, 2.05) is 49.4 Å². The number of piperazine rings is 1. The Hall–Kier alpha value is -3.36. The van der Waals surface area contributed by atoms with Gasteiger partial charge in [0.15, 0.2) is 5.82 Å². The molecule has 1 saturated heterocycles. The van der Waals surface area contributed by atoms with Gasteiger partial charge in [0.05, 0.1) is 11.0 Å². The quantitative estimate of drug-likeness (QED) is 0.328. The second kappa shape index (κ2) is 12.1. The molecule has 36 heavy (non-hydrogen) atoms. The van der Waals surface area contributed by atoms with E-state index in [4.69, 9.17) is 9.97 Å². The zero-order valence-corrected chi connectivity index (χ0v) is 21.1. The van der Waals surface area contributed by atoms with Gasteiger partial charge in [-0.1, -0.05) is 62.2 Å². The van der Waals surface area contributed by atoms with Gasteiger partial charge in [0, 0.05) is 68.1 Å². The summed E-state index contributed by atoms with van der Waals surface area (Å²) in [6, 6.07) is 16.7. The number of unbranched alkanes of at least 4 members (excludes halogenated alkanes) is 1. The summed E-state index contributed by atoms with van der Waals surface area (Å²) >= 11 is 0. The average Bonchev–Trinajstić information content (AvgIpc) is 2.90. The molecule has 1 N–H and O–H groups in total. The van der Waals surface area contributed by atoms with Crippen LogP contribution in [0.15, 0.2) is 54.6 Å². The Kier molecular flexibility index (Phi) is 8.61. The van der Waals surface area contributed by atoms with Crippen molar-refractivity contribution in [1.82, 2.24) is 14.9 Å². The van der Waals surface area contributed by atoms with Gasteiger partial charge >= 0.3 is 0 Å². The number of hydrogen-bond acceptors (Lipinski definition) is 7. The lowest BCUT2D eigenvalue weighted by Crippen LogP contribution is -2.49. The Bertz CT molecular complexity index is 1150. The van der Waals surface area contributed by atoms with E-state index in [-0.39, 0.29) is 16.7 Å². The maximum absolute atomic E-state index is 11.1. The number of benzene rings is 2. The number of nitrogens with zero attached hydrogens (tertiary/aromatic N) is 5. The first kappa shape index (κ1) is 25.7. The molecule has 1 aliphatic heterocycles. The van der Waals surface area contributed by atoms with Crippen molar-refractivity contribution in [3.63, 3.8) is 0 Å². The van der Waals surface area contributed by atoms with Gasteiger partial charge in [0.25, 0.3) is 5.69 Å². The first-order chi connectivity index (χ1) is 17.4. The van der Waals surface area contributed by atoms with Crippen LogP contribution in [0.5, 0.6) is 0 Å². The molecule has 0 aliphatic carbocycles. The number of non-ortho nitro benzene ring substituents is 1. The van der Waals surface area contributed by atoms with Crippen molar-refractivity contribution in [1.29, 1.82) is 0 Å². The van der Waals surface area contributed by atoms with Gasteiger partial charge in [-0.3, -0.25) is 15.0 Å². The van der Waals surface area contributed by atoms with Crippen molar-refractivity contribution in [2.45, 2.75) is 45.6 Å². The number of aliphatic hydroxyl groups is 1. The molecule has 0 unspecified atom stereocenters. The van der Waals surface area contributed by atoms with E-state index in [1.54, 1.807) is 12.1 Å². The Labute approximate surface area is 212 Å². The van der Waals surface area contributed by atoms with E-state index < -0.39 is 0 Å². The Morgan fingerprint density at radius 1 is 1.03 bits per heavy atom. The van der Waals surface area contributed by atoms with Gasteiger partial charge in [-0.05, 0) is 18.9 Å². The van der Waals surface area contributed by atoms with Gasteiger partial charge in [0.1, 0.15) is 5.82 Å². The Morgan fingerprint density at radius 3 is 2.36 bits per heavy atom. The summed E-state index contributed by atoms with van der Waals surface area (Å²) in [5.74, 6) is 1.62. The van der Waals surface area contributed by atoms with Crippen molar-refractivity contribution in [3.05, 3.63) is 81.5 Å². The summed E-state index contributed by atoms with van der Waals surface area (Å²) in [7, 11) is 0. The molecular weight excluding hydrogens is 454 g/mol. The van der Waals surface area contributed by atoms with Gasteiger partial charge < -0.3 is 10.0 Å². The number of aliphatic hydroxyl groups excluding tert-OH is 1. The third-order valence-corrected chi connectivity index (χ3v) is 6.78. The van der Waals surface area contributed by atoms with Crippen molar-refractivity contribution >= 4 is 11.5 Å². The minimum absolute atomic E-state index is 0.0867. The zero-order valence-electron chi connectivity index (χ0n) is 21.1. The third kappa shape index (κ3) is 6.44. The number of nitro groups is 1. The standard InChI is InChI=1S/C28H35N5O3/c1-3-4-10-25(34)20-31-15-17-32(18-16-31)28-26(19-22-11-13-24(14-12-22)33(35)36)21(2)29-27(30-28)23-8-6-5-7-9-23/h5-9,11-14,25,34H,3-4,10,15-20H2,1-2H3/t25-/m1/s1. The number of β-amino-alcohol motifs (C(OH)–C–C–N with tert-alkyl or cyclic N) is 1. The molecule has 2 heterocycles. The summed E-state index contributed by atoms with van der Waals surface area (Å²) in [5.41, 5.74) is 4.00. The summed E-state index contributed by atoms with van der Waals surface area (Å²) in [6.45, 7) is 8.23. The Balaban J connectivity index is 1.58. The van der Waals surface area contributed by atoms with E-state index in [9.17, 15) is 15.2 Å². The van der Waals surface area contributed by atoms with Crippen LogP contribution < -0.4 is 4.90 Å². The molecule has 1 atom stereocenters. The molecule has 0 bridgehead atoms. The highest BCUT2D eigenvalue weighted by Gasteiger charge is 2.24. The molecule has 2 aromatic carbocycles. The van der Waals surface area contributed by atoms with Crippen molar-refractivity contribution in [2.75, 3.05) is 37.6 Å².